The summed E-state index contributed by atoms with van der Waals surface area (Å²) in [7, 11) is 0. The molecule has 0 saturated carbocycles. The molecule has 0 aromatic heterocycles. The van der Waals surface area contributed by atoms with Crippen molar-refractivity contribution in [3.05, 3.63) is 24.3 Å². The van der Waals surface area contributed by atoms with E-state index < -0.39 is 5.66 Å². The summed E-state index contributed by atoms with van der Waals surface area (Å²) >= 11 is 0. The Kier molecular flexibility index (Phi) is 2.49. The molecular weight excluding hydrogens is 156 g/mol. The molecule has 60 valence electrons. The van der Waals surface area contributed by atoms with Crippen LogP contribution in [0.5, 0.6) is 0 Å². The average molecular weight is 162 g/mol. The summed E-state index contributed by atoms with van der Waals surface area (Å²) in [5.41, 5.74) is -1.18. The van der Waals surface area contributed by atoms with Gasteiger partial charge in [-0.3, -0.25) is 0 Å². The van der Waals surface area contributed by atoms with Crippen molar-refractivity contribution < 1.29 is 9.59 Å². The standard InChI is InChI=1S/C8H6N2O2/c11-6-9-8(10-7-12)4-2-1-3-5-8/h2-5H,1H2. The van der Waals surface area contributed by atoms with Gasteiger partial charge in [-0.25, -0.2) is 9.59 Å². The molecule has 0 heterocycles. The van der Waals surface area contributed by atoms with Crippen LogP contribution in [0.15, 0.2) is 34.3 Å². The van der Waals surface area contributed by atoms with E-state index in [0.717, 1.165) is 6.42 Å². The van der Waals surface area contributed by atoms with Crippen molar-refractivity contribution in [2.45, 2.75) is 12.1 Å². The van der Waals surface area contributed by atoms with Crippen molar-refractivity contribution in [1.82, 2.24) is 0 Å². The van der Waals surface area contributed by atoms with E-state index in [1.54, 1.807) is 24.3 Å². The molecule has 0 aromatic rings. The van der Waals surface area contributed by atoms with Gasteiger partial charge in [0.2, 0.25) is 17.8 Å². The quantitative estimate of drug-likeness (QED) is 0.343. The smallest absolute Gasteiger partial charge is 0.211 e. The van der Waals surface area contributed by atoms with E-state index in [0.29, 0.717) is 0 Å². The topological polar surface area (TPSA) is 58.9 Å². The van der Waals surface area contributed by atoms with Gasteiger partial charge in [0.1, 0.15) is 0 Å². The molecule has 0 unspecified atom stereocenters. The number of carbonyl (C=O) groups excluding carboxylic acids is 2. The molecule has 1 rings (SSSR count). The summed E-state index contributed by atoms with van der Waals surface area (Å²) in [6.45, 7) is 0. The third-order valence-corrected chi connectivity index (χ3v) is 1.45. The van der Waals surface area contributed by atoms with Crippen LogP contribution in [0.4, 0.5) is 0 Å². The van der Waals surface area contributed by atoms with E-state index in [1.165, 1.54) is 12.2 Å². The molecule has 0 aromatic carbocycles. The molecule has 0 N–H and O–H groups in total. The predicted molar refractivity (Wildman–Crippen MR) is 41.9 cm³/mol. The number of aliphatic imine (C=N–C) groups is 2. The number of hydrogen-bond acceptors (Lipinski definition) is 4. The summed E-state index contributed by atoms with van der Waals surface area (Å²) in [5, 5.41) is 0. The first-order chi connectivity index (χ1) is 5.83. The SMILES string of the molecule is O=C=NC1(N=C=O)C=CCC=C1. The maximum Gasteiger partial charge on any atom is 0.238 e. The minimum absolute atomic E-state index is 0.754. The summed E-state index contributed by atoms with van der Waals surface area (Å²) < 4.78 is 0. The molecule has 0 atom stereocenters. The molecule has 0 fully saturated rings. The van der Waals surface area contributed by atoms with Crippen molar-refractivity contribution in [2.75, 3.05) is 0 Å². The van der Waals surface area contributed by atoms with Crippen molar-refractivity contribution in [3.63, 3.8) is 0 Å². The number of rotatable bonds is 2. The Morgan fingerprint density at radius 3 is 2.00 bits per heavy atom. The fraction of sp³-hybridized carbons (Fsp3) is 0.250. The molecule has 0 spiro atoms. The van der Waals surface area contributed by atoms with Crippen LogP contribution >= 0.6 is 0 Å². The zero-order chi connectivity index (χ0) is 8.86. The zero-order valence-electron chi connectivity index (χ0n) is 6.23. The highest BCUT2D eigenvalue weighted by molar-refractivity contribution is 5.44. The minimum atomic E-state index is -1.18. The van der Waals surface area contributed by atoms with E-state index in [4.69, 9.17) is 0 Å². The molecule has 0 amide bonds. The largest absolute Gasteiger partial charge is 0.238 e. The molecule has 0 radical (unpaired) electrons. The fourth-order valence-electron chi connectivity index (χ4n) is 0.937. The molecule has 1 aliphatic carbocycles. The number of hydrogen-bond donors (Lipinski definition) is 0. The summed E-state index contributed by atoms with van der Waals surface area (Å²) in [5.74, 6) is 0. The highest BCUT2D eigenvalue weighted by atomic mass is 16.1. The van der Waals surface area contributed by atoms with Gasteiger partial charge in [0.15, 0.2) is 0 Å². The van der Waals surface area contributed by atoms with Crippen LogP contribution in [0, 0.1) is 0 Å². The maximum absolute atomic E-state index is 10.0. The fourth-order valence-corrected chi connectivity index (χ4v) is 0.937. The maximum atomic E-state index is 10.0. The minimum Gasteiger partial charge on any atom is -0.211 e. The lowest BCUT2D eigenvalue weighted by atomic mass is 10.1. The van der Waals surface area contributed by atoms with Crippen LogP contribution in [-0.2, 0) is 9.59 Å². The highest BCUT2D eigenvalue weighted by Gasteiger charge is 2.22. The molecule has 12 heavy (non-hydrogen) atoms. The van der Waals surface area contributed by atoms with Gasteiger partial charge in [0.05, 0.1) is 0 Å². The van der Waals surface area contributed by atoms with Gasteiger partial charge in [-0.15, -0.1) is 0 Å². The van der Waals surface area contributed by atoms with Crippen molar-refractivity contribution >= 4 is 12.2 Å². The first kappa shape index (κ1) is 8.34. The van der Waals surface area contributed by atoms with Crippen molar-refractivity contribution in [3.8, 4) is 0 Å². The molecule has 4 heteroatoms. The van der Waals surface area contributed by atoms with E-state index in [-0.39, 0.29) is 0 Å². The Hall–Kier alpha value is -1.76. The van der Waals surface area contributed by atoms with E-state index in [9.17, 15) is 9.59 Å². The molecule has 0 aliphatic heterocycles. The summed E-state index contributed by atoms with van der Waals surface area (Å²) in [6, 6.07) is 0. The Labute approximate surface area is 69.0 Å². The van der Waals surface area contributed by atoms with Gasteiger partial charge < -0.3 is 0 Å². The Bertz CT molecular complexity index is 286. The lowest BCUT2D eigenvalue weighted by molar-refractivity contribution is 0.544. The first-order valence-electron chi connectivity index (χ1n) is 3.36. The number of nitrogens with zero attached hydrogens (tertiary/aromatic N) is 2. The second-order valence-corrected chi connectivity index (χ2v) is 2.23. The second kappa shape index (κ2) is 3.58. The van der Waals surface area contributed by atoms with E-state index in [2.05, 4.69) is 9.98 Å². The Morgan fingerprint density at radius 1 is 1.08 bits per heavy atom. The zero-order valence-corrected chi connectivity index (χ0v) is 6.23. The van der Waals surface area contributed by atoms with Crippen LogP contribution in [0.25, 0.3) is 0 Å². The predicted octanol–water partition coefficient (Wildman–Crippen LogP) is 0.870. The van der Waals surface area contributed by atoms with Crippen LogP contribution in [0.2, 0.25) is 0 Å². The third-order valence-electron chi connectivity index (χ3n) is 1.45. The highest BCUT2D eigenvalue weighted by Crippen LogP contribution is 2.20. The third kappa shape index (κ3) is 1.64. The number of allylic oxidation sites excluding steroid dienone is 2. The second-order valence-electron chi connectivity index (χ2n) is 2.23. The average Bonchev–Trinajstić information content (AvgIpc) is 2.07. The Balaban J connectivity index is 3.08. The molecule has 0 saturated heterocycles. The number of isocyanates is 2. The van der Waals surface area contributed by atoms with Crippen molar-refractivity contribution in [2.24, 2.45) is 9.98 Å². The monoisotopic (exact) mass is 162 g/mol. The van der Waals surface area contributed by atoms with Crippen LogP contribution in [0.3, 0.4) is 0 Å². The summed E-state index contributed by atoms with van der Waals surface area (Å²) in [6.07, 6.45) is 10.1. The van der Waals surface area contributed by atoms with Gasteiger partial charge in [0, 0.05) is 0 Å². The van der Waals surface area contributed by atoms with E-state index in [1.807, 2.05) is 0 Å². The van der Waals surface area contributed by atoms with Gasteiger partial charge in [0.25, 0.3) is 0 Å². The van der Waals surface area contributed by atoms with Crippen LogP contribution < -0.4 is 0 Å². The van der Waals surface area contributed by atoms with Crippen LogP contribution in [-0.4, -0.2) is 17.8 Å². The molecular formula is C8H6N2O2. The van der Waals surface area contributed by atoms with Crippen molar-refractivity contribution in [1.29, 1.82) is 0 Å². The molecule has 0 bridgehead atoms. The van der Waals surface area contributed by atoms with Crippen LogP contribution in [0.1, 0.15) is 6.42 Å². The lowest BCUT2D eigenvalue weighted by Gasteiger charge is -2.14. The first-order valence-corrected chi connectivity index (χ1v) is 3.36. The normalized spacial score (nSPS) is 17.7. The van der Waals surface area contributed by atoms with Gasteiger partial charge >= 0.3 is 0 Å². The lowest BCUT2D eigenvalue weighted by Crippen LogP contribution is -2.18. The molecule has 4 nitrogen and oxygen atoms in total. The van der Waals surface area contributed by atoms with Gasteiger partial charge in [-0.1, -0.05) is 12.2 Å². The summed E-state index contributed by atoms with van der Waals surface area (Å²) in [4.78, 5) is 26.8. The van der Waals surface area contributed by atoms with Gasteiger partial charge in [-0.05, 0) is 18.6 Å². The molecule has 1 aliphatic rings. The Morgan fingerprint density at radius 2 is 1.58 bits per heavy atom. The van der Waals surface area contributed by atoms with Gasteiger partial charge in [-0.2, -0.15) is 9.98 Å². The van der Waals surface area contributed by atoms with E-state index >= 15 is 0 Å².